The van der Waals surface area contributed by atoms with E-state index in [1.165, 1.54) is 0 Å². The number of anilines is 1. The largest absolute Gasteiger partial charge is 0.352 e. The minimum Gasteiger partial charge on any atom is -0.352 e. The highest BCUT2D eigenvalue weighted by atomic mass is 16.1. The number of amides is 1. The summed E-state index contributed by atoms with van der Waals surface area (Å²) >= 11 is 0. The van der Waals surface area contributed by atoms with E-state index in [2.05, 4.69) is 20.8 Å². The van der Waals surface area contributed by atoms with Gasteiger partial charge in [-0.1, -0.05) is 26.0 Å². The normalized spacial score (nSPS) is 11.3. The number of ketones is 1. The van der Waals surface area contributed by atoms with Crippen LogP contribution in [0.4, 0.5) is 5.82 Å². The van der Waals surface area contributed by atoms with E-state index in [4.69, 9.17) is 0 Å². The molecule has 0 atom stereocenters. The highest BCUT2D eigenvalue weighted by Crippen LogP contribution is 2.11. The quantitative estimate of drug-likeness (QED) is 0.454. The van der Waals surface area contributed by atoms with Crippen molar-refractivity contribution in [2.45, 2.75) is 27.7 Å². The molecule has 2 rings (SSSR count). The second-order valence-electron chi connectivity index (χ2n) is 6.20. The van der Waals surface area contributed by atoms with E-state index < -0.39 is 0 Å². The van der Waals surface area contributed by atoms with Gasteiger partial charge in [0.1, 0.15) is 5.82 Å². The first-order chi connectivity index (χ1) is 12.4. The molecule has 136 valence electrons. The minimum absolute atomic E-state index is 0.0572. The van der Waals surface area contributed by atoms with E-state index in [1.807, 2.05) is 39.8 Å². The second kappa shape index (κ2) is 8.89. The highest BCUT2D eigenvalue weighted by Gasteiger charge is 2.10. The van der Waals surface area contributed by atoms with Gasteiger partial charge >= 0.3 is 0 Å². The summed E-state index contributed by atoms with van der Waals surface area (Å²) in [6.07, 6.45) is 1.55. The number of pyridine rings is 1. The number of hydrogen-bond acceptors (Lipinski definition) is 5. The molecule has 0 saturated carbocycles. The maximum absolute atomic E-state index is 11.9. The van der Waals surface area contributed by atoms with Crippen LogP contribution < -0.4 is 10.7 Å². The van der Waals surface area contributed by atoms with Crippen LogP contribution in [0.3, 0.4) is 0 Å². The molecule has 6 heteroatoms. The molecular formula is C20H24N4O2. The van der Waals surface area contributed by atoms with Crippen LogP contribution in [0.25, 0.3) is 0 Å². The Morgan fingerprint density at radius 2 is 1.65 bits per heavy atom. The van der Waals surface area contributed by atoms with Crippen molar-refractivity contribution < 1.29 is 9.59 Å². The summed E-state index contributed by atoms with van der Waals surface area (Å²) in [5, 5.41) is 7.07. The summed E-state index contributed by atoms with van der Waals surface area (Å²) in [4.78, 5) is 27.9. The zero-order chi connectivity index (χ0) is 19.1. The molecule has 0 fully saturated rings. The Balaban J connectivity index is 2.03. The second-order valence-corrected chi connectivity index (χ2v) is 6.20. The zero-order valence-electron chi connectivity index (χ0n) is 15.5. The van der Waals surface area contributed by atoms with Gasteiger partial charge in [-0.05, 0) is 43.7 Å². The predicted molar refractivity (Wildman–Crippen MR) is 104 cm³/mol. The molecule has 26 heavy (non-hydrogen) atoms. The Labute approximate surface area is 153 Å². The van der Waals surface area contributed by atoms with Crippen molar-refractivity contribution in [3.63, 3.8) is 0 Å². The van der Waals surface area contributed by atoms with Gasteiger partial charge in [0.05, 0.1) is 5.71 Å². The Bertz CT molecular complexity index is 794. The van der Waals surface area contributed by atoms with E-state index in [-0.39, 0.29) is 17.6 Å². The van der Waals surface area contributed by atoms with Crippen LogP contribution in [0.5, 0.6) is 0 Å². The topological polar surface area (TPSA) is 83.5 Å². The Hall–Kier alpha value is -3.02. The van der Waals surface area contributed by atoms with Gasteiger partial charge in [-0.3, -0.25) is 15.0 Å². The lowest BCUT2D eigenvalue weighted by atomic mass is 10.0. The Morgan fingerprint density at radius 3 is 2.19 bits per heavy atom. The van der Waals surface area contributed by atoms with Gasteiger partial charge in [-0.25, -0.2) is 4.98 Å². The van der Waals surface area contributed by atoms with Crippen molar-refractivity contribution in [3.05, 3.63) is 59.3 Å². The standard InChI is InChI=1S/C20H24N4O2/c1-5-21-20(26)16-8-6-15(7-9-16)14(4)23-24-18-11-10-17(12-22-18)19(25)13(2)3/h6-13H,5H2,1-4H3,(H,21,26)(H,22,24)/b23-14+. The van der Waals surface area contributed by atoms with E-state index in [1.54, 1.807) is 30.5 Å². The smallest absolute Gasteiger partial charge is 0.251 e. The number of Topliss-reactive ketones (excluding diaryl/α,β-unsaturated/α-hetero) is 1. The number of benzene rings is 1. The fraction of sp³-hybridized carbons (Fsp3) is 0.300. The van der Waals surface area contributed by atoms with Crippen molar-refractivity contribution in [3.8, 4) is 0 Å². The molecule has 1 aromatic heterocycles. The molecule has 6 nitrogen and oxygen atoms in total. The number of rotatable bonds is 7. The van der Waals surface area contributed by atoms with E-state index in [0.29, 0.717) is 23.5 Å². The summed E-state index contributed by atoms with van der Waals surface area (Å²) in [7, 11) is 0. The maximum atomic E-state index is 11.9. The number of hydrogen-bond donors (Lipinski definition) is 2. The lowest BCUT2D eigenvalue weighted by Crippen LogP contribution is -2.22. The summed E-state index contributed by atoms with van der Waals surface area (Å²) in [5.41, 5.74) is 5.75. The molecule has 0 bridgehead atoms. The van der Waals surface area contributed by atoms with Crippen molar-refractivity contribution >= 4 is 23.2 Å². The molecule has 0 aliphatic carbocycles. The molecule has 1 aromatic carbocycles. The third-order valence-electron chi connectivity index (χ3n) is 3.81. The number of aromatic nitrogens is 1. The Kier molecular flexibility index (Phi) is 6.60. The van der Waals surface area contributed by atoms with Crippen molar-refractivity contribution in [2.75, 3.05) is 12.0 Å². The third-order valence-corrected chi connectivity index (χ3v) is 3.81. The van der Waals surface area contributed by atoms with Crippen molar-refractivity contribution in [2.24, 2.45) is 11.0 Å². The van der Waals surface area contributed by atoms with Crippen molar-refractivity contribution in [1.82, 2.24) is 10.3 Å². The molecule has 2 N–H and O–H groups in total. The van der Waals surface area contributed by atoms with Gasteiger partial charge in [0, 0.05) is 29.8 Å². The highest BCUT2D eigenvalue weighted by molar-refractivity contribution is 6.01. The fourth-order valence-electron chi connectivity index (χ4n) is 2.27. The first-order valence-electron chi connectivity index (χ1n) is 8.61. The fourth-order valence-corrected chi connectivity index (χ4v) is 2.27. The molecule has 1 heterocycles. The molecule has 0 unspecified atom stereocenters. The molecule has 0 saturated heterocycles. The van der Waals surface area contributed by atoms with Crippen LogP contribution in [0.1, 0.15) is 54.0 Å². The average molecular weight is 352 g/mol. The van der Waals surface area contributed by atoms with Crippen LogP contribution in [0.2, 0.25) is 0 Å². The summed E-state index contributed by atoms with van der Waals surface area (Å²) in [6.45, 7) is 8.07. The van der Waals surface area contributed by atoms with Gasteiger partial charge in [0.2, 0.25) is 0 Å². The molecule has 2 aromatic rings. The Morgan fingerprint density at radius 1 is 1.04 bits per heavy atom. The SMILES string of the molecule is CCNC(=O)c1ccc(/C(C)=N/Nc2ccc(C(=O)C(C)C)cn2)cc1. The van der Waals surface area contributed by atoms with Gasteiger partial charge < -0.3 is 5.32 Å². The van der Waals surface area contributed by atoms with E-state index in [9.17, 15) is 9.59 Å². The molecule has 1 amide bonds. The minimum atomic E-state index is -0.0907. The zero-order valence-corrected chi connectivity index (χ0v) is 15.5. The predicted octanol–water partition coefficient (Wildman–Crippen LogP) is 3.51. The average Bonchev–Trinajstić information content (AvgIpc) is 2.66. The molecule has 0 radical (unpaired) electrons. The summed E-state index contributed by atoms with van der Waals surface area (Å²) in [5.74, 6) is 0.477. The molecule has 0 aliphatic rings. The van der Waals surface area contributed by atoms with Gasteiger partial charge in [-0.15, -0.1) is 0 Å². The number of nitrogens with zero attached hydrogens (tertiary/aromatic N) is 2. The van der Waals surface area contributed by atoms with Gasteiger partial charge in [0.25, 0.3) is 5.91 Å². The van der Waals surface area contributed by atoms with Crippen LogP contribution >= 0.6 is 0 Å². The van der Waals surface area contributed by atoms with E-state index in [0.717, 1.165) is 11.3 Å². The monoisotopic (exact) mass is 352 g/mol. The van der Waals surface area contributed by atoms with Gasteiger partial charge in [0.15, 0.2) is 5.78 Å². The first kappa shape index (κ1) is 19.3. The number of carbonyl (C=O) groups excluding carboxylic acids is 2. The maximum Gasteiger partial charge on any atom is 0.251 e. The van der Waals surface area contributed by atoms with Crippen molar-refractivity contribution in [1.29, 1.82) is 0 Å². The molecule has 0 spiro atoms. The lowest BCUT2D eigenvalue weighted by Gasteiger charge is -2.06. The summed E-state index contributed by atoms with van der Waals surface area (Å²) in [6, 6.07) is 10.7. The number of hydrazone groups is 1. The molecule has 0 aliphatic heterocycles. The van der Waals surface area contributed by atoms with Crippen LogP contribution in [0, 0.1) is 5.92 Å². The first-order valence-corrected chi connectivity index (χ1v) is 8.61. The molecular weight excluding hydrogens is 328 g/mol. The third kappa shape index (κ3) is 4.99. The van der Waals surface area contributed by atoms with Crippen LogP contribution in [0.15, 0.2) is 47.7 Å². The van der Waals surface area contributed by atoms with Crippen LogP contribution in [-0.4, -0.2) is 28.9 Å². The van der Waals surface area contributed by atoms with Gasteiger partial charge in [-0.2, -0.15) is 5.10 Å². The number of carbonyl (C=O) groups is 2. The van der Waals surface area contributed by atoms with Crippen LogP contribution in [-0.2, 0) is 0 Å². The lowest BCUT2D eigenvalue weighted by molar-refractivity contribution is 0.0936. The van der Waals surface area contributed by atoms with E-state index >= 15 is 0 Å². The summed E-state index contributed by atoms with van der Waals surface area (Å²) < 4.78 is 0. The number of nitrogens with one attached hydrogen (secondary N) is 2.